The second kappa shape index (κ2) is 10.1. The number of carbonyl (C=O) groups is 2. The summed E-state index contributed by atoms with van der Waals surface area (Å²) in [5.41, 5.74) is 2.90. The zero-order valence-corrected chi connectivity index (χ0v) is 18.4. The molecule has 1 aromatic heterocycles. The summed E-state index contributed by atoms with van der Waals surface area (Å²) in [6.45, 7) is 0. The van der Waals surface area contributed by atoms with E-state index in [2.05, 4.69) is 10.5 Å². The first-order valence-corrected chi connectivity index (χ1v) is 10.9. The predicted octanol–water partition coefficient (Wildman–Crippen LogP) is 5.81. The fourth-order valence-electron chi connectivity index (χ4n) is 3.03. The van der Waals surface area contributed by atoms with Gasteiger partial charge in [-0.2, -0.15) is 0 Å². The molecule has 0 unspecified atom stereocenters. The Bertz CT molecular complexity index is 1270. The van der Waals surface area contributed by atoms with E-state index in [4.69, 9.17) is 9.26 Å². The number of halogens is 1. The van der Waals surface area contributed by atoms with Gasteiger partial charge in [0.2, 0.25) is 0 Å². The quantitative estimate of drug-likeness (QED) is 0.276. The largest absolute Gasteiger partial charge is 0.465 e. The van der Waals surface area contributed by atoms with Gasteiger partial charge in [-0.15, -0.1) is 11.8 Å². The average Bonchev–Trinajstić information content (AvgIpc) is 3.34. The van der Waals surface area contributed by atoms with Gasteiger partial charge < -0.3 is 14.6 Å². The zero-order valence-electron chi connectivity index (χ0n) is 17.6. The Kier molecular flexibility index (Phi) is 6.85. The van der Waals surface area contributed by atoms with E-state index in [1.54, 1.807) is 36.0 Å². The maximum absolute atomic E-state index is 13.1. The van der Waals surface area contributed by atoms with Crippen LogP contribution in [-0.4, -0.2) is 24.1 Å². The molecular formula is C25H19FN2O4S. The van der Waals surface area contributed by atoms with E-state index in [1.165, 1.54) is 25.3 Å². The first-order chi connectivity index (χ1) is 16.0. The molecule has 1 amide bonds. The minimum atomic E-state index is -0.414. The molecule has 4 aromatic rings. The number of esters is 1. The van der Waals surface area contributed by atoms with E-state index in [9.17, 15) is 14.0 Å². The third-order valence-electron chi connectivity index (χ3n) is 4.78. The van der Waals surface area contributed by atoms with Crippen LogP contribution in [0.3, 0.4) is 0 Å². The summed E-state index contributed by atoms with van der Waals surface area (Å²) in [6, 6.07) is 21.9. The Morgan fingerprint density at radius 3 is 2.48 bits per heavy atom. The van der Waals surface area contributed by atoms with Gasteiger partial charge in [-0.05, 0) is 54.1 Å². The molecular weight excluding hydrogens is 443 g/mol. The number of nitrogens with zero attached hydrogens (tertiary/aromatic N) is 1. The van der Waals surface area contributed by atoms with E-state index < -0.39 is 5.91 Å². The number of anilines is 1. The lowest BCUT2D eigenvalue weighted by Crippen LogP contribution is -2.12. The number of para-hydroxylation sites is 1. The van der Waals surface area contributed by atoms with Crippen molar-refractivity contribution < 1.29 is 23.2 Å². The van der Waals surface area contributed by atoms with Gasteiger partial charge in [-0.25, -0.2) is 9.18 Å². The summed E-state index contributed by atoms with van der Waals surface area (Å²) in [5, 5.41) is 6.70. The third-order valence-corrected chi connectivity index (χ3v) is 5.92. The molecule has 4 rings (SSSR count). The maximum Gasteiger partial charge on any atom is 0.337 e. The van der Waals surface area contributed by atoms with Crippen LogP contribution in [0.25, 0.3) is 11.3 Å². The number of hydrogen-bond donors (Lipinski definition) is 1. The molecule has 0 fully saturated rings. The summed E-state index contributed by atoms with van der Waals surface area (Å²) in [5.74, 6) is -0.129. The van der Waals surface area contributed by atoms with Crippen LogP contribution in [0, 0.1) is 5.82 Å². The number of carbonyl (C=O) groups excluding carboxylic acids is 2. The number of hydrogen-bond acceptors (Lipinski definition) is 6. The lowest BCUT2D eigenvalue weighted by atomic mass is 10.1. The fraction of sp³-hybridized carbons (Fsp3) is 0.0800. The molecule has 0 saturated heterocycles. The summed E-state index contributed by atoms with van der Waals surface area (Å²) in [6.07, 6.45) is 0. The molecule has 0 aliphatic carbocycles. The lowest BCUT2D eigenvalue weighted by molar-refractivity contribution is 0.0600. The van der Waals surface area contributed by atoms with Gasteiger partial charge in [-0.1, -0.05) is 29.4 Å². The van der Waals surface area contributed by atoms with Crippen LogP contribution in [0.15, 0.2) is 88.3 Å². The molecule has 0 aliphatic rings. The van der Waals surface area contributed by atoms with Gasteiger partial charge in [0.1, 0.15) is 5.82 Å². The van der Waals surface area contributed by atoms with E-state index in [0.717, 1.165) is 10.5 Å². The second-order valence-electron chi connectivity index (χ2n) is 7.01. The summed E-state index contributed by atoms with van der Waals surface area (Å²) < 4.78 is 23.1. The van der Waals surface area contributed by atoms with Crippen LogP contribution < -0.4 is 5.32 Å². The zero-order chi connectivity index (χ0) is 23.2. The summed E-state index contributed by atoms with van der Waals surface area (Å²) in [4.78, 5) is 25.2. The molecule has 0 atom stereocenters. The topological polar surface area (TPSA) is 81.4 Å². The van der Waals surface area contributed by atoms with Gasteiger partial charge in [0.25, 0.3) is 5.91 Å². The number of methoxy groups -OCH3 is 1. The average molecular weight is 463 g/mol. The number of nitrogens with one attached hydrogen (secondary N) is 1. The fourth-order valence-corrected chi connectivity index (χ4v) is 3.99. The summed E-state index contributed by atoms with van der Waals surface area (Å²) >= 11 is 1.55. The lowest BCUT2D eigenvalue weighted by Gasteiger charge is -2.10. The van der Waals surface area contributed by atoms with Gasteiger partial charge in [0.15, 0.2) is 11.5 Å². The van der Waals surface area contributed by atoms with E-state index in [-0.39, 0.29) is 17.5 Å². The highest BCUT2D eigenvalue weighted by Gasteiger charge is 2.16. The monoisotopic (exact) mass is 462 g/mol. The highest BCUT2D eigenvalue weighted by atomic mass is 32.2. The Morgan fingerprint density at radius 1 is 1.03 bits per heavy atom. The number of benzene rings is 3. The van der Waals surface area contributed by atoms with E-state index in [0.29, 0.717) is 28.3 Å². The van der Waals surface area contributed by atoms with Gasteiger partial charge in [0, 0.05) is 22.3 Å². The van der Waals surface area contributed by atoms with Crippen molar-refractivity contribution in [3.63, 3.8) is 0 Å². The Balaban J connectivity index is 1.43. The normalized spacial score (nSPS) is 10.6. The standard InChI is InChI=1S/C25H19FN2O4S/c1-31-25(30)18-8-6-16(7-9-18)15-33-23-5-3-2-4-20(23)27-24(29)21-14-22(32-28-21)17-10-12-19(26)13-11-17/h2-14H,15H2,1H3,(H,27,29). The van der Waals surface area contributed by atoms with Crippen LogP contribution >= 0.6 is 11.8 Å². The molecule has 0 aliphatic heterocycles. The number of rotatable bonds is 7. The molecule has 0 radical (unpaired) electrons. The predicted molar refractivity (Wildman–Crippen MR) is 124 cm³/mol. The first kappa shape index (κ1) is 22.3. The second-order valence-corrected chi connectivity index (χ2v) is 8.03. The molecule has 3 aromatic carbocycles. The number of thioether (sulfide) groups is 1. The Labute approximate surface area is 193 Å². The molecule has 1 N–H and O–H groups in total. The smallest absolute Gasteiger partial charge is 0.337 e. The molecule has 166 valence electrons. The highest BCUT2D eigenvalue weighted by Crippen LogP contribution is 2.30. The number of ether oxygens (including phenoxy) is 1. The van der Waals surface area contributed by atoms with Gasteiger partial charge >= 0.3 is 5.97 Å². The van der Waals surface area contributed by atoms with Crippen molar-refractivity contribution in [3.05, 3.63) is 102 Å². The SMILES string of the molecule is COC(=O)c1ccc(CSc2ccccc2NC(=O)c2cc(-c3ccc(F)cc3)on2)cc1. The van der Waals surface area contributed by atoms with Crippen molar-refractivity contribution in [3.8, 4) is 11.3 Å². The minimum Gasteiger partial charge on any atom is -0.465 e. The molecule has 0 bridgehead atoms. The molecule has 33 heavy (non-hydrogen) atoms. The van der Waals surface area contributed by atoms with Crippen LogP contribution in [0.5, 0.6) is 0 Å². The van der Waals surface area contributed by atoms with Gasteiger partial charge in [-0.3, -0.25) is 4.79 Å². The van der Waals surface area contributed by atoms with Crippen LogP contribution in [0.2, 0.25) is 0 Å². The van der Waals surface area contributed by atoms with Crippen LogP contribution in [0.1, 0.15) is 26.4 Å². The first-order valence-electron chi connectivity index (χ1n) is 9.96. The van der Waals surface area contributed by atoms with Crippen LogP contribution in [0.4, 0.5) is 10.1 Å². The van der Waals surface area contributed by atoms with Crippen molar-refractivity contribution in [2.75, 3.05) is 12.4 Å². The van der Waals surface area contributed by atoms with Crippen molar-refractivity contribution in [2.24, 2.45) is 0 Å². The number of aromatic nitrogens is 1. The highest BCUT2D eigenvalue weighted by molar-refractivity contribution is 7.98. The van der Waals surface area contributed by atoms with Crippen molar-refractivity contribution in [1.29, 1.82) is 0 Å². The molecule has 8 heteroatoms. The van der Waals surface area contributed by atoms with Crippen molar-refractivity contribution in [1.82, 2.24) is 5.16 Å². The molecule has 1 heterocycles. The van der Waals surface area contributed by atoms with Crippen LogP contribution in [-0.2, 0) is 10.5 Å². The van der Waals surface area contributed by atoms with Crippen molar-refractivity contribution in [2.45, 2.75) is 10.6 Å². The molecule has 0 saturated carbocycles. The van der Waals surface area contributed by atoms with Gasteiger partial charge in [0.05, 0.1) is 18.4 Å². The molecule has 0 spiro atoms. The van der Waals surface area contributed by atoms with Crippen molar-refractivity contribution >= 4 is 29.3 Å². The van der Waals surface area contributed by atoms with E-state index in [1.807, 2.05) is 36.4 Å². The third kappa shape index (κ3) is 5.48. The number of amides is 1. The minimum absolute atomic E-state index is 0.118. The maximum atomic E-state index is 13.1. The molecule has 6 nitrogen and oxygen atoms in total. The Hall–Kier alpha value is -3.91. The Morgan fingerprint density at radius 2 is 1.76 bits per heavy atom. The summed E-state index contributed by atoms with van der Waals surface area (Å²) in [7, 11) is 1.35. The van der Waals surface area contributed by atoms with E-state index >= 15 is 0 Å².